The number of hydrogen-bond donors (Lipinski definition) is 2. The van der Waals surface area contributed by atoms with Crippen LogP contribution in [0.1, 0.15) is 97.8 Å². The Bertz CT molecular complexity index is 848. The molecule has 0 bridgehead atoms. The third-order valence-electron chi connectivity index (χ3n) is 10.9. The molecule has 0 radical (unpaired) electrons. The second-order valence-electron chi connectivity index (χ2n) is 13.0. The Morgan fingerprint density at radius 3 is 2.61 bits per heavy atom. The predicted octanol–water partition coefficient (Wildman–Crippen LogP) is 7.99. The molecule has 0 aromatic rings. The molecule has 8 heteroatoms. The number of aliphatic hydroxyl groups is 1. The molecule has 3 fully saturated rings. The molecule has 1 amide bonds. The van der Waals surface area contributed by atoms with Gasteiger partial charge in [0.25, 0.3) is 0 Å². The van der Waals surface area contributed by atoms with Crippen LogP contribution in [0.5, 0.6) is 0 Å². The van der Waals surface area contributed by atoms with Crippen LogP contribution in [0.2, 0.25) is 0 Å². The van der Waals surface area contributed by atoms with Gasteiger partial charge in [0.2, 0.25) is 3.79 Å². The molecule has 4 aliphatic rings. The van der Waals surface area contributed by atoms with Gasteiger partial charge in [0, 0.05) is 19.3 Å². The summed E-state index contributed by atoms with van der Waals surface area (Å²) in [5.74, 6) is 2.58. The molecule has 3 saturated carbocycles. The summed E-state index contributed by atoms with van der Waals surface area (Å²) in [4.78, 5) is 12.4. The molecule has 4 aliphatic carbocycles. The molecule has 0 aromatic heterocycles. The largest absolute Gasteiger partial charge is 0.445 e. The normalized spacial score (nSPS) is 37.4. The SMILES string of the molecule is C[C@H](NC(=O)OCC(Cl)(Cl)Cl)[C@H]1CCC2C3CC=C4C[C@@H](OCCCCCCO)CC[C@]4(C)C3CC[C@@]21C. The van der Waals surface area contributed by atoms with Crippen LogP contribution in [0.25, 0.3) is 0 Å². The Balaban J connectivity index is 1.34. The van der Waals surface area contributed by atoms with Gasteiger partial charge in [0.05, 0.1) is 6.10 Å². The van der Waals surface area contributed by atoms with Crippen LogP contribution in [-0.4, -0.2) is 47.0 Å². The van der Waals surface area contributed by atoms with Gasteiger partial charge >= 0.3 is 6.09 Å². The molecule has 0 saturated heterocycles. The molecule has 8 atom stereocenters. The third kappa shape index (κ3) is 6.81. The van der Waals surface area contributed by atoms with Crippen molar-refractivity contribution in [3.05, 3.63) is 11.6 Å². The second-order valence-corrected chi connectivity index (χ2v) is 15.5. The van der Waals surface area contributed by atoms with E-state index in [4.69, 9.17) is 49.4 Å². The van der Waals surface area contributed by atoms with E-state index in [1.807, 2.05) is 0 Å². The van der Waals surface area contributed by atoms with Gasteiger partial charge in [0.15, 0.2) is 0 Å². The zero-order valence-electron chi connectivity index (χ0n) is 23.5. The Morgan fingerprint density at radius 2 is 1.87 bits per heavy atom. The summed E-state index contributed by atoms with van der Waals surface area (Å²) in [6.45, 7) is 8.01. The number of hydrogen-bond acceptors (Lipinski definition) is 4. The highest BCUT2D eigenvalue weighted by molar-refractivity contribution is 6.67. The average molecular weight is 593 g/mol. The van der Waals surface area contributed by atoms with E-state index in [0.717, 1.165) is 63.4 Å². The van der Waals surface area contributed by atoms with Crippen LogP contribution >= 0.6 is 34.8 Å². The number of nitrogens with one attached hydrogen (secondary N) is 1. The lowest BCUT2D eigenvalue weighted by Gasteiger charge is -2.58. The molecule has 4 rings (SSSR count). The maximum atomic E-state index is 12.4. The molecule has 2 N–H and O–H groups in total. The molecule has 0 heterocycles. The first-order valence-corrected chi connectivity index (χ1v) is 16.0. The third-order valence-corrected chi connectivity index (χ3v) is 11.2. The van der Waals surface area contributed by atoms with Gasteiger partial charge in [-0.05, 0) is 106 Å². The Kier molecular flexibility index (Phi) is 10.3. The number of alkyl carbamates (subject to hydrolysis) is 1. The van der Waals surface area contributed by atoms with Crippen molar-refractivity contribution < 1.29 is 19.4 Å². The Hall–Kier alpha value is -0.200. The molecule has 0 aliphatic heterocycles. The van der Waals surface area contributed by atoms with Crippen LogP contribution in [-0.2, 0) is 9.47 Å². The van der Waals surface area contributed by atoms with E-state index in [0.29, 0.717) is 30.0 Å². The van der Waals surface area contributed by atoms with E-state index < -0.39 is 9.89 Å². The number of aliphatic hydroxyl groups excluding tert-OH is 1. The molecule has 3 unspecified atom stereocenters. The van der Waals surface area contributed by atoms with E-state index in [2.05, 4.69) is 32.2 Å². The topological polar surface area (TPSA) is 67.8 Å². The summed E-state index contributed by atoms with van der Waals surface area (Å²) in [5.41, 5.74) is 2.18. The molecule has 0 aromatic carbocycles. The van der Waals surface area contributed by atoms with E-state index in [9.17, 15) is 4.79 Å². The summed E-state index contributed by atoms with van der Waals surface area (Å²) in [5, 5.41) is 12.0. The van der Waals surface area contributed by atoms with Crippen molar-refractivity contribution >= 4 is 40.9 Å². The highest BCUT2D eigenvalue weighted by Crippen LogP contribution is 2.66. The lowest BCUT2D eigenvalue weighted by atomic mass is 9.47. The minimum atomic E-state index is -1.60. The Labute approximate surface area is 244 Å². The van der Waals surface area contributed by atoms with Crippen LogP contribution in [0.4, 0.5) is 4.79 Å². The van der Waals surface area contributed by atoms with Gasteiger partial charge in [-0.1, -0.05) is 73.1 Å². The van der Waals surface area contributed by atoms with E-state index in [-0.39, 0.29) is 18.1 Å². The van der Waals surface area contributed by atoms with E-state index in [1.165, 1.54) is 32.1 Å². The molecule has 38 heavy (non-hydrogen) atoms. The number of carbonyl (C=O) groups is 1. The summed E-state index contributed by atoms with van der Waals surface area (Å²) in [6.07, 6.45) is 16.2. The maximum Gasteiger partial charge on any atom is 0.407 e. The van der Waals surface area contributed by atoms with Crippen molar-refractivity contribution in [1.29, 1.82) is 0 Å². The van der Waals surface area contributed by atoms with Crippen LogP contribution in [0.15, 0.2) is 11.6 Å². The number of halogens is 3. The summed E-state index contributed by atoms with van der Waals surface area (Å²) >= 11 is 17.2. The quantitative estimate of drug-likeness (QED) is 0.153. The van der Waals surface area contributed by atoms with Gasteiger partial charge in [-0.15, -0.1) is 0 Å². The van der Waals surface area contributed by atoms with E-state index in [1.54, 1.807) is 5.57 Å². The zero-order chi connectivity index (χ0) is 27.6. The standard InChI is InChI=1S/C30H48Cl3NO4/c1-20(34-27(36)38-19-30(31,32)33)24-10-11-25-23-9-8-21-18-22(37-17-7-5-4-6-16-35)12-14-28(21,2)26(23)13-15-29(24,25)3/h8,20,22-26,35H,4-7,9-19H2,1-3H3,(H,34,36)/t20-,22-,23?,24+,25?,26?,28-,29+/m0/s1. The lowest BCUT2D eigenvalue weighted by Crippen LogP contribution is -2.52. The number of carbonyl (C=O) groups excluding carboxylic acids is 1. The molecule has 218 valence electrons. The van der Waals surface area contributed by atoms with Crippen molar-refractivity contribution in [2.24, 2.45) is 34.5 Å². The fraction of sp³-hybridized carbons (Fsp3) is 0.900. The smallest absolute Gasteiger partial charge is 0.407 e. The number of allylic oxidation sites excluding steroid dienone is 1. The van der Waals surface area contributed by atoms with Gasteiger partial charge in [-0.3, -0.25) is 0 Å². The number of ether oxygens (including phenoxy) is 2. The number of alkyl halides is 3. The van der Waals surface area contributed by atoms with Gasteiger partial charge < -0.3 is 19.9 Å². The monoisotopic (exact) mass is 591 g/mol. The fourth-order valence-corrected chi connectivity index (χ4v) is 9.09. The minimum absolute atomic E-state index is 0.0194. The van der Waals surface area contributed by atoms with Crippen LogP contribution in [0.3, 0.4) is 0 Å². The fourth-order valence-electron chi connectivity index (χ4n) is 8.92. The number of amides is 1. The lowest BCUT2D eigenvalue weighted by molar-refractivity contribution is -0.0609. The summed E-state index contributed by atoms with van der Waals surface area (Å²) in [6, 6.07) is 0.0194. The van der Waals surface area contributed by atoms with Crippen molar-refractivity contribution in [3.63, 3.8) is 0 Å². The molecular formula is C30H48Cl3NO4. The zero-order valence-corrected chi connectivity index (χ0v) is 25.7. The van der Waals surface area contributed by atoms with Crippen molar-refractivity contribution in [3.8, 4) is 0 Å². The number of unbranched alkanes of at least 4 members (excludes halogenated alkanes) is 3. The van der Waals surface area contributed by atoms with Crippen molar-refractivity contribution in [2.75, 3.05) is 19.8 Å². The second kappa shape index (κ2) is 12.8. The first-order valence-electron chi connectivity index (χ1n) is 14.9. The maximum absolute atomic E-state index is 12.4. The number of fused-ring (bicyclic) bond motifs is 5. The minimum Gasteiger partial charge on any atom is -0.445 e. The molecule has 5 nitrogen and oxygen atoms in total. The summed E-state index contributed by atoms with van der Waals surface area (Å²) in [7, 11) is 0. The van der Waals surface area contributed by atoms with Crippen LogP contribution in [0, 0.1) is 34.5 Å². The van der Waals surface area contributed by atoms with Crippen LogP contribution < -0.4 is 5.32 Å². The highest BCUT2D eigenvalue weighted by Gasteiger charge is 2.59. The first kappa shape index (κ1) is 30.8. The van der Waals surface area contributed by atoms with Gasteiger partial charge in [-0.25, -0.2) is 4.79 Å². The first-order chi connectivity index (χ1) is 18.0. The Morgan fingerprint density at radius 1 is 1.11 bits per heavy atom. The molecule has 0 spiro atoms. The highest BCUT2D eigenvalue weighted by atomic mass is 35.6. The summed E-state index contributed by atoms with van der Waals surface area (Å²) < 4.78 is 9.86. The molecular weight excluding hydrogens is 545 g/mol. The van der Waals surface area contributed by atoms with Crippen molar-refractivity contribution in [1.82, 2.24) is 5.32 Å². The predicted molar refractivity (Wildman–Crippen MR) is 155 cm³/mol. The van der Waals surface area contributed by atoms with E-state index >= 15 is 0 Å². The van der Waals surface area contributed by atoms with Gasteiger partial charge in [0.1, 0.15) is 6.61 Å². The van der Waals surface area contributed by atoms with Crippen molar-refractivity contribution in [2.45, 2.75) is 114 Å². The average Bonchev–Trinajstić information content (AvgIpc) is 3.22. The number of rotatable bonds is 10. The van der Waals surface area contributed by atoms with Gasteiger partial charge in [-0.2, -0.15) is 0 Å².